The molecule has 0 unspecified atom stereocenters. The second-order valence-electron chi connectivity index (χ2n) is 5.47. The molecule has 19 heavy (non-hydrogen) atoms. The molecule has 0 saturated carbocycles. The zero-order chi connectivity index (χ0) is 14.4. The number of carbonyl (C=O) groups excluding carboxylic acids is 1. The van der Waals surface area contributed by atoms with Crippen molar-refractivity contribution in [3.63, 3.8) is 0 Å². The molecule has 106 valence electrons. The summed E-state index contributed by atoms with van der Waals surface area (Å²) in [6.45, 7) is 8.03. The minimum Gasteiger partial charge on any atom is -0.398 e. The van der Waals surface area contributed by atoms with Gasteiger partial charge in [0.05, 0.1) is 0 Å². The van der Waals surface area contributed by atoms with E-state index in [-0.39, 0.29) is 5.91 Å². The summed E-state index contributed by atoms with van der Waals surface area (Å²) in [5, 5.41) is 2.91. The van der Waals surface area contributed by atoms with Gasteiger partial charge < -0.3 is 16.0 Å². The van der Waals surface area contributed by atoms with Crippen molar-refractivity contribution < 1.29 is 4.79 Å². The largest absolute Gasteiger partial charge is 0.398 e. The average Bonchev–Trinajstić information content (AvgIpc) is 2.32. The molecule has 4 heteroatoms. The Bertz CT molecular complexity index is 429. The predicted molar refractivity (Wildman–Crippen MR) is 81.2 cm³/mol. The average molecular weight is 263 g/mol. The number of benzene rings is 1. The Hall–Kier alpha value is -1.55. The third-order valence-electron chi connectivity index (χ3n) is 3.05. The van der Waals surface area contributed by atoms with Gasteiger partial charge in [-0.3, -0.25) is 4.79 Å². The first-order chi connectivity index (χ1) is 8.90. The van der Waals surface area contributed by atoms with Crippen molar-refractivity contribution in [1.29, 1.82) is 0 Å². The first-order valence-corrected chi connectivity index (χ1v) is 6.73. The van der Waals surface area contributed by atoms with Gasteiger partial charge in [-0.1, -0.05) is 19.9 Å². The molecule has 0 spiro atoms. The second-order valence-corrected chi connectivity index (χ2v) is 5.47. The van der Waals surface area contributed by atoms with Crippen molar-refractivity contribution in [3.8, 4) is 0 Å². The summed E-state index contributed by atoms with van der Waals surface area (Å²) < 4.78 is 0. The first kappa shape index (κ1) is 15.5. The van der Waals surface area contributed by atoms with E-state index in [0.717, 1.165) is 24.3 Å². The molecular weight excluding hydrogens is 238 g/mol. The molecule has 3 N–H and O–H groups in total. The number of hydrogen-bond acceptors (Lipinski definition) is 3. The zero-order valence-electron chi connectivity index (χ0n) is 12.4. The molecule has 0 fully saturated rings. The molecular formula is C15H25N3O. The minimum absolute atomic E-state index is 0.0318. The van der Waals surface area contributed by atoms with Crippen LogP contribution in [-0.4, -0.2) is 30.9 Å². The maximum absolute atomic E-state index is 11.9. The van der Waals surface area contributed by atoms with Crippen LogP contribution in [0.15, 0.2) is 18.2 Å². The molecule has 1 aromatic rings. The van der Waals surface area contributed by atoms with Crippen LogP contribution in [0.1, 0.15) is 25.8 Å². The highest BCUT2D eigenvalue weighted by Gasteiger charge is 2.08. The van der Waals surface area contributed by atoms with Gasteiger partial charge in [-0.2, -0.15) is 0 Å². The number of nitrogens with one attached hydrogen (secondary N) is 1. The first-order valence-electron chi connectivity index (χ1n) is 6.73. The molecule has 0 atom stereocenters. The smallest absolute Gasteiger partial charge is 0.225 e. The van der Waals surface area contributed by atoms with Crippen molar-refractivity contribution in [2.24, 2.45) is 5.92 Å². The highest BCUT2D eigenvalue weighted by atomic mass is 16.1. The van der Waals surface area contributed by atoms with E-state index in [1.807, 2.05) is 32.2 Å². The fourth-order valence-corrected chi connectivity index (χ4v) is 2.01. The van der Waals surface area contributed by atoms with Crippen molar-refractivity contribution in [2.75, 3.05) is 31.2 Å². The summed E-state index contributed by atoms with van der Waals surface area (Å²) in [5.74, 6) is 0.647. The Kier molecular flexibility index (Phi) is 5.83. The van der Waals surface area contributed by atoms with Gasteiger partial charge in [0.15, 0.2) is 0 Å². The Morgan fingerprint density at radius 1 is 1.42 bits per heavy atom. The Morgan fingerprint density at radius 2 is 2.11 bits per heavy atom. The van der Waals surface area contributed by atoms with E-state index in [9.17, 15) is 4.79 Å². The highest BCUT2D eigenvalue weighted by Crippen LogP contribution is 2.20. The van der Waals surface area contributed by atoms with Gasteiger partial charge in [0.2, 0.25) is 5.91 Å². The van der Waals surface area contributed by atoms with Gasteiger partial charge in [-0.25, -0.2) is 0 Å². The van der Waals surface area contributed by atoms with Gasteiger partial charge in [-0.05, 0) is 37.6 Å². The number of hydrogen-bond donors (Lipinski definition) is 2. The van der Waals surface area contributed by atoms with E-state index in [2.05, 4.69) is 24.1 Å². The molecule has 1 amide bonds. The molecule has 0 heterocycles. The molecule has 0 bridgehead atoms. The lowest BCUT2D eigenvalue weighted by Gasteiger charge is -2.18. The Balaban J connectivity index is 2.45. The summed E-state index contributed by atoms with van der Waals surface area (Å²) in [6.07, 6.45) is 0.497. The molecule has 1 rings (SSSR count). The summed E-state index contributed by atoms with van der Waals surface area (Å²) in [7, 11) is 2.04. The van der Waals surface area contributed by atoms with Gasteiger partial charge in [0, 0.05) is 30.9 Å². The molecule has 0 aromatic heterocycles. The molecule has 0 aliphatic rings. The molecule has 0 radical (unpaired) electrons. The number of anilines is 2. The van der Waals surface area contributed by atoms with Crippen LogP contribution in [0.2, 0.25) is 0 Å². The summed E-state index contributed by atoms with van der Waals surface area (Å²) >= 11 is 0. The number of rotatable bonds is 6. The van der Waals surface area contributed by atoms with E-state index in [4.69, 9.17) is 5.73 Å². The fraction of sp³-hybridized carbons (Fsp3) is 0.533. The van der Waals surface area contributed by atoms with Crippen molar-refractivity contribution >= 4 is 17.3 Å². The minimum atomic E-state index is 0.0318. The topological polar surface area (TPSA) is 58.4 Å². The summed E-state index contributed by atoms with van der Waals surface area (Å²) in [5.41, 5.74) is 8.24. The number of nitrogens with zero attached hydrogens (tertiary/aromatic N) is 1. The van der Waals surface area contributed by atoms with E-state index in [1.54, 1.807) is 0 Å². The monoisotopic (exact) mass is 263 g/mol. The Labute approximate surface area is 116 Å². The third-order valence-corrected chi connectivity index (χ3v) is 3.05. The maximum atomic E-state index is 11.9. The fourth-order valence-electron chi connectivity index (χ4n) is 2.01. The molecule has 4 nitrogen and oxygen atoms in total. The lowest BCUT2D eigenvalue weighted by atomic mass is 10.1. The lowest BCUT2D eigenvalue weighted by Crippen LogP contribution is -2.27. The molecule has 0 saturated heterocycles. The molecule has 0 aliphatic carbocycles. The van der Waals surface area contributed by atoms with Crippen LogP contribution in [0.5, 0.6) is 0 Å². The van der Waals surface area contributed by atoms with Crippen LogP contribution in [0.3, 0.4) is 0 Å². The van der Waals surface area contributed by atoms with E-state index in [1.165, 1.54) is 0 Å². The Morgan fingerprint density at radius 3 is 2.74 bits per heavy atom. The number of nitrogens with two attached hydrogens (primary N) is 1. The third kappa shape index (κ3) is 5.30. The van der Waals surface area contributed by atoms with Crippen LogP contribution in [0.4, 0.5) is 11.4 Å². The van der Waals surface area contributed by atoms with Crippen molar-refractivity contribution in [3.05, 3.63) is 23.8 Å². The zero-order valence-corrected chi connectivity index (χ0v) is 12.4. The second kappa shape index (κ2) is 7.14. The summed E-state index contributed by atoms with van der Waals surface area (Å²) in [4.78, 5) is 14.1. The van der Waals surface area contributed by atoms with Crippen molar-refractivity contribution in [2.45, 2.75) is 27.2 Å². The van der Waals surface area contributed by atoms with Crippen LogP contribution in [0.25, 0.3) is 0 Å². The van der Waals surface area contributed by atoms with Gasteiger partial charge >= 0.3 is 0 Å². The van der Waals surface area contributed by atoms with E-state index < -0.39 is 0 Å². The van der Waals surface area contributed by atoms with Crippen LogP contribution in [-0.2, 0) is 4.79 Å². The van der Waals surface area contributed by atoms with Crippen molar-refractivity contribution in [1.82, 2.24) is 4.90 Å². The highest BCUT2D eigenvalue weighted by molar-refractivity contribution is 5.92. The standard InChI is InChI=1S/C15H25N3O/c1-11(2)10-18(4)9-8-15(19)17-14-7-5-6-13(16)12(14)3/h5-7,11H,8-10,16H2,1-4H3,(H,17,19). The van der Waals surface area contributed by atoms with Crippen LogP contribution in [0, 0.1) is 12.8 Å². The summed E-state index contributed by atoms with van der Waals surface area (Å²) in [6, 6.07) is 5.56. The predicted octanol–water partition coefficient (Wildman–Crippen LogP) is 2.49. The molecule has 0 aliphatic heterocycles. The molecule has 1 aromatic carbocycles. The number of amides is 1. The van der Waals surface area contributed by atoms with E-state index >= 15 is 0 Å². The number of nitrogen functional groups attached to an aromatic ring is 1. The SMILES string of the molecule is Cc1c(N)cccc1NC(=O)CCN(C)CC(C)C. The van der Waals surface area contributed by atoms with Crippen LogP contribution < -0.4 is 11.1 Å². The number of carbonyl (C=O) groups is 1. The normalized spacial score (nSPS) is 11.1. The van der Waals surface area contributed by atoms with Gasteiger partial charge in [0.25, 0.3) is 0 Å². The lowest BCUT2D eigenvalue weighted by molar-refractivity contribution is -0.116. The van der Waals surface area contributed by atoms with Crippen LogP contribution >= 0.6 is 0 Å². The van der Waals surface area contributed by atoms with Gasteiger partial charge in [0.1, 0.15) is 0 Å². The van der Waals surface area contributed by atoms with E-state index in [0.29, 0.717) is 18.0 Å². The quantitative estimate of drug-likeness (QED) is 0.775. The van der Waals surface area contributed by atoms with Gasteiger partial charge in [-0.15, -0.1) is 0 Å². The maximum Gasteiger partial charge on any atom is 0.225 e.